The number of nitrogens with one attached hydrogen (secondary N) is 1. The van der Waals surface area contributed by atoms with Gasteiger partial charge in [-0.05, 0) is 25.7 Å². The van der Waals surface area contributed by atoms with Gasteiger partial charge in [0.25, 0.3) is 0 Å². The normalized spacial score (nSPS) is 32.2. The highest BCUT2D eigenvalue weighted by Crippen LogP contribution is 2.23. The summed E-state index contributed by atoms with van der Waals surface area (Å²) in [7, 11) is 0. The zero-order chi connectivity index (χ0) is 8.10. The van der Waals surface area contributed by atoms with Crippen molar-refractivity contribution in [3.63, 3.8) is 0 Å². The molecule has 0 aromatic carbocycles. The van der Waals surface area contributed by atoms with E-state index in [0.29, 0.717) is 6.04 Å². The Kier molecular flexibility index (Phi) is 3.87. The Bertz CT molecular complexity index is 106. The van der Waals surface area contributed by atoms with E-state index < -0.39 is 0 Å². The lowest BCUT2D eigenvalue weighted by Gasteiger charge is -2.28. The van der Waals surface area contributed by atoms with Crippen molar-refractivity contribution >= 4 is 0 Å². The van der Waals surface area contributed by atoms with E-state index in [4.69, 9.17) is 4.84 Å². The third-order valence-corrected chi connectivity index (χ3v) is 2.49. The van der Waals surface area contributed by atoms with Crippen LogP contribution in [0.5, 0.6) is 0 Å². The van der Waals surface area contributed by atoms with Crippen LogP contribution in [0.15, 0.2) is 0 Å². The number of rotatable bonds is 3. The fourth-order valence-corrected chi connectivity index (χ4v) is 1.68. The topological polar surface area (TPSA) is 21.3 Å². The van der Waals surface area contributed by atoms with Gasteiger partial charge in [0, 0.05) is 6.04 Å². The van der Waals surface area contributed by atoms with E-state index >= 15 is 0 Å². The molecule has 1 N–H and O–H groups in total. The molecule has 2 atom stereocenters. The van der Waals surface area contributed by atoms with Crippen LogP contribution in [-0.2, 0) is 4.84 Å². The van der Waals surface area contributed by atoms with E-state index in [0.717, 1.165) is 12.5 Å². The minimum absolute atomic E-state index is 0.601. The minimum atomic E-state index is 0.601. The summed E-state index contributed by atoms with van der Waals surface area (Å²) in [6.45, 7) is 5.08. The van der Waals surface area contributed by atoms with Crippen LogP contribution in [0.4, 0.5) is 0 Å². The Hall–Kier alpha value is -0.0800. The van der Waals surface area contributed by atoms with Crippen molar-refractivity contribution in [2.75, 3.05) is 6.61 Å². The molecule has 1 rings (SSSR count). The van der Waals surface area contributed by atoms with Crippen molar-refractivity contribution in [2.45, 2.75) is 45.6 Å². The molecule has 0 heterocycles. The molecule has 2 nitrogen and oxygen atoms in total. The van der Waals surface area contributed by atoms with Crippen LogP contribution in [0.2, 0.25) is 0 Å². The SMILES string of the molecule is CCONC1CCCCC1C. The maximum atomic E-state index is 5.19. The molecular weight excluding hydrogens is 138 g/mol. The average molecular weight is 157 g/mol. The average Bonchev–Trinajstić information content (AvgIpc) is 2.03. The molecule has 1 fully saturated rings. The van der Waals surface area contributed by atoms with Gasteiger partial charge in [-0.25, -0.2) is 0 Å². The predicted molar refractivity (Wildman–Crippen MR) is 46.2 cm³/mol. The van der Waals surface area contributed by atoms with Crippen molar-refractivity contribution in [3.8, 4) is 0 Å². The second-order valence-electron chi connectivity index (χ2n) is 3.42. The van der Waals surface area contributed by atoms with Crippen LogP contribution in [0.25, 0.3) is 0 Å². The smallest absolute Gasteiger partial charge is 0.0654 e. The first-order valence-corrected chi connectivity index (χ1v) is 4.72. The Balaban J connectivity index is 2.18. The highest BCUT2D eigenvalue weighted by molar-refractivity contribution is 4.74. The Morgan fingerprint density at radius 1 is 1.36 bits per heavy atom. The van der Waals surface area contributed by atoms with E-state index in [-0.39, 0.29) is 0 Å². The van der Waals surface area contributed by atoms with E-state index in [1.54, 1.807) is 0 Å². The molecule has 0 spiro atoms. The van der Waals surface area contributed by atoms with Crippen molar-refractivity contribution in [2.24, 2.45) is 5.92 Å². The zero-order valence-electron chi connectivity index (χ0n) is 7.60. The Morgan fingerprint density at radius 3 is 2.73 bits per heavy atom. The Morgan fingerprint density at radius 2 is 2.09 bits per heavy atom. The predicted octanol–water partition coefficient (Wildman–Crippen LogP) is 2.11. The molecule has 11 heavy (non-hydrogen) atoms. The summed E-state index contributed by atoms with van der Waals surface area (Å²) in [6, 6.07) is 0.601. The first-order chi connectivity index (χ1) is 5.34. The molecule has 2 heteroatoms. The van der Waals surface area contributed by atoms with Gasteiger partial charge in [-0.15, -0.1) is 0 Å². The molecule has 0 aromatic heterocycles. The summed E-state index contributed by atoms with van der Waals surface area (Å²) >= 11 is 0. The third-order valence-electron chi connectivity index (χ3n) is 2.49. The fourth-order valence-electron chi connectivity index (χ4n) is 1.68. The summed E-state index contributed by atoms with van der Waals surface area (Å²) in [5, 5.41) is 0. The first kappa shape index (κ1) is 9.01. The molecular formula is C9H19NO. The fraction of sp³-hybridized carbons (Fsp3) is 1.00. The van der Waals surface area contributed by atoms with Gasteiger partial charge < -0.3 is 4.84 Å². The van der Waals surface area contributed by atoms with Gasteiger partial charge in [0.1, 0.15) is 0 Å². The van der Waals surface area contributed by atoms with Gasteiger partial charge in [0.05, 0.1) is 6.61 Å². The zero-order valence-corrected chi connectivity index (χ0v) is 7.60. The lowest BCUT2D eigenvalue weighted by atomic mass is 9.86. The first-order valence-electron chi connectivity index (χ1n) is 4.72. The van der Waals surface area contributed by atoms with E-state index in [1.807, 2.05) is 6.92 Å². The number of hydrogen-bond donors (Lipinski definition) is 1. The largest absolute Gasteiger partial charge is 0.302 e. The molecule has 1 aliphatic carbocycles. The second kappa shape index (κ2) is 4.73. The minimum Gasteiger partial charge on any atom is -0.302 e. The molecule has 1 saturated carbocycles. The molecule has 66 valence electrons. The third kappa shape index (κ3) is 2.80. The maximum Gasteiger partial charge on any atom is 0.0654 e. The van der Waals surface area contributed by atoms with Crippen LogP contribution in [0, 0.1) is 5.92 Å². The molecule has 0 bridgehead atoms. The summed E-state index contributed by atoms with van der Waals surface area (Å²) < 4.78 is 0. The summed E-state index contributed by atoms with van der Waals surface area (Å²) in [5.41, 5.74) is 3.12. The highest BCUT2D eigenvalue weighted by atomic mass is 16.6. The standard InChI is InChI=1S/C9H19NO/c1-3-11-10-9-7-5-4-6-8(9)2/h8-10H,3-7H2,1-2H3. The van der Waals surface area contributed by atoms with Gasteiger partial charge in [-0.3, -0.25) is 0 Å². The summed E-state index contributed by atoms with van der Waals surface area (Å²) in [5.74, 6) is 0.787. The molecule has 0 amide bonds. The molecule has 1 aliphatic rings. The van der Waals surface area contributed by atoms with Gasteiger partial charge in [0.15, 0.2) is 0 Å². The van der Waals surface area contributed by atoms with Crippen LogP contribution >= 0.6 is 0 Å². The summed E-state index contributed by atoms with van der Waals surface area (Å²) in [4.78, 5) is 5.19. The molecule has 0 aromatic rings. The van der Waals surface area contributed by atoms with Crippen molar-refractivity contribution in [1.82, 2.24) is 5.48 Å². The van der Waals surface area contributed by atoms with Gasteiger partial charge >= 0.3 is 0 Å². The lowest BCUT2D eigenvalue weighted by Crippen LogP contribution is -2.37. The van der Waals surface area contributed by atoms with Gasteiger partial charge in [-0.1, -0.05) is 19.8 Å². The van der Waals surface area contributed by atoms with Crippen LogP contribution < -0.4 is 5.48 Å². The van der Waals surface area contributed by atoms with Crippen LogP contribution in [0.3, 0.4) is 0 Å². The van der Waals surface area contributed by atoms with Crippen molar-refractivity contribution in [3.05, 3.63) is 0 Å². The molecule has 0 aliphatic heterocycles. The molecule has 0 saturated heterocycles. The van der Waals surface area contributed by atoms with Crippen LogP contribution in [-0.4, -0.2) is 12.6 Å². The van der Waals surface area contributed by atoms with E-state index in [2.05, 4.69) is 12.4 Å². The highest BCUT2D eigenvalue weighted by Gasteiger charge is 2.20. The van der Waals surface area contributed by atoms with Gasteiger partial charge in [-0.2, -0.15) is 5.48 Å². The maximum absolute atomic E-state index is 5.19. The number of hydroxylamine groups is 1. The second-order valence-corrected chi connectivity index (χ2v) is 3.42. The van der Waals surface area contributed by atoms with Crippen molar-refractivity contribution in [1.29, 1.82) is 0 Å². The van der Waals surface area contributed by atoms with E-state index in [1.165, 1.54) is 25.7 Å². The van der Waals surface area contributed by atoms with Crippen molar-refractivity contribution < 1.29 is 4.84 Å². The number of hydrogen-bond acceptors (Lipinski definition) is 2. The lowest BCUT2D eigenvalue weighted by molar-refractivity contribution is 0.000885. The molecule has 0 radical (unpaired) electrons. The van der Waals surface area contributed by atoms with Crippen LogP contribution in [0.1, 0.15) is 39.5 Å². The summed E-state index contributed by atoms with van der Waals surface area (Å²) in [6.07, 6.45) is 5.38. The van der Waals surface area contributed by atoms with Gasteiger partial charge in [0.2, 0.25) is 0 Å². The monoisotopic (exact) mass is 157 g/mol. The van der Waals surface area contributed by atoms with E-state index in [9.17, 15) is 0 Å². The molecule has 2 unspecified atom stereocenters. The Labute approximate surface area is 69.3 Å². The quantitative estimate of drug-likeness (QED) is 0.633.